The highest BCUT2D eigenvalue weighted by Crippen LogP contribution is 2.38. The molecule has 0 aromatic heterocycles. The normalized spacial score (nSPS) is 14.0. The third kappa shape index (κ3) is 3.98. The Morgan fingerprint density at radius 3 is 2.29 bits per heavy atom. The van der Waals surface area contributed by atoms with Crippen molar-refractivity contribution < 1.29 is 44.6 Å². The minimum Gasteiger partial charge on any atom is -0.494 e. The molecule has 6 nitrogen and oxygen atoms in total. The van der Waals surface area contributed by atoms with Crippen molar-refractivity contribution in [1.82, 2.24) is 0 Å². The first-order chi connectivity index (χ1) is 14.6. The van der Waals surface area contributed by atoms with E-state index in [0.29, 0.717) is 10.4 Å². The summed E-state index contributed by atoms with van der Waals surface area (Å²) in [6, 6.07) is 2.85. The van der Waals surface area contributed by atoms with Gasteiger partial charge in [0.15, 0.2) is 33.8 Å². The first kappa shape index (κ1) is 22.6. The summed E-state index contributed by atoms with van der Waals surface area (Å²) in [5.74, 6) is -9.51. The number of hydrogen-bond acceptors (Lipinski definition) is 5. The molecule has 2 aromatic rings. The van der Waals surface area contributed by atoms with E-state index in [1.54, 1.807) is 0 Å². The van der Waals surface area contributed by atoms with Crippen LogP contribution in [0.2, 0.25) is 0 Å². The summed E-state index contributed by atoms with van der Waals surface area (Å²) < 4.78 is 112. The van der Waals surface area contributed by atoms with Crippen molar-refractivity contribution in [3.63, 3.8) is 0 Å². The van der Waals surface area contributed by atoms with Crippen LogP contribution >= 0.6 is 0 Å². The molecule has 1 aliphatic rings. The second-order valence-corrected chi connectivity index (χ2v) is 8.03. The minimum absolute atomic E-state index is 0.114. The Labute approximate surface area is 174 Å². The fourth-order valence-electron chi connectivity index (χ4n) is 2.69. The van der Waals surface area contributed by atoms with Crippen molar-refractivity contribution in [2.24, 2.45) is 0 Å². The Kier molecular flexibility index (Phi) is 6.28. The molecule has 1 saturated heterocycles. The van der Waals surface area contributed by atoms with E-state index in [9.17, 15) is 30.4 Å². The largest absolute Gasteiger partial charge is 0.494 e. The summed E-state index contributed by atoms with van der Waals surface area (Å²) >= 11 is 0. The fourth-order valence-corrected chi connectivity index (χ4v) is 4.24. The zero-order chi connectivity index (χ0) is 22.9. The van der Waals surface area contributed by atoms with E-state index < -0.39 is 68.1 Å². The van der Waals surface area contributed by atoms with Crippen LogP contribution in [0.3, 0.4) is 0 Å². The van der Waals surface area contributed by atoms with Crippen LogP contribution in [0.5, 0.6) is 11.5 Å². The number of benzene rings is 2. The van der Waals surface area contributed by atoms with Gasteiger partial charge in [-0.15, -0.1) is 6.42 Å². The van der Waals surface area contributed by atoms with Gasteiger partial charge in [-0.25, -0.2) is 26.0 Å². The number of methoxy groups -OCH3 is 1. The summed E-state index contributed by atoms with van der Waals surface area (Å²) in [4.78, 5) is -1.62. The lowest BCUT2D eigenvalue weighted by Crippen LogP contribution is -2.40. The van der Waals surface area contributed by atoms with Gasteiger partial charge in [0.25, 0.3) is 10.0 Å². The standard InChI is InChI=1S/C19H14F5NO5S/c1-3-6-25(10-4-5-13(28-2)12(20)7-10)31(26,27)19-17(24)15(22)14(21)16(23)18(19)30-11-8-29-9-11/h1,4-5,7,11H,6,8-9H2,2H3. The van der Waals surface area contributed by atoms with Crippen LogP contribution in [0.25, 0.3) is 0 Å². The van der Waals surface area contributed by atoms with Crippen LogP contribution in [0.1, 0.15) is 0 Å². The quantitative estimate of drug-likeness (QED) is 0.274. The van der Waals surface area contributed by atoms with E-state index in [1.807, 2.05) is 5.92 Å². The van der Waals surface area contributed by atoms with E-state index in [0.717, 1.165) is 12.1 Å². The second-order valence-electron chi connectivity index (χ2n) is 6.23. The van der Waals surface area contributed by atoms with Crippen LogP contribution in [-0.2, 0) is 14.8 Å². The first-order valence-corrected chi connectivity index (χ1v) is 9.97. The zero-order valence-electron chi connectivity index (χ0n) is 15.8. The predicted octanol–water partition coefficient (Wildman–Crippen LogP) is 3.00. The van der Waals surface area contributed by atoms with E-state index >= 15 is 0 Å². The molecule has 0 saturated carbocycles. The van der Waals surface area contributed by atoms with Gasteiger partial charge in [-0.05, 0) is 12.1 Å². The summed E-state index contributed by atoms with van der Waals surface area (Å²) in [7, 11) is -4.04. The number of halogens is 5. The maximum absolute atomic E-state index is 14.6. The Hall–Kier alpha value is -3.04. The average Bonchev–Trinajstić information content (AvgIpc) is 2.70. The maximum atomic E-state index is 14.6. The molecule has 0 amide bonds. The van der Waals surface area contributed by atoms with E-state index in [-0.39, 0.29) is 19.0 Å². The molecule has 0 atom stereocenters. The van der Waals surface area contributed by atoms with Gasteiger partial charge in [0, 0.05) is 6.07 Å². The summed E-state index contributed by atoms with van der Waals surface area (Å²) in [5, 5.41) is 0. The van der Waals surface area contributed by atoms with Crippen LogP contribution in [-0.4, -0.2) is 41.4 Å². The van der Waals surface area contributed by atoms with Crippen molar-refractivity contribution >= 4 is 15.7 Å². The fraction of sp³-hybridized carbons (Fsp3) is 0.263. The van der Waals surface area contributed by atoms with E-state index in [1.165, 1.54) is 7.11 Å². The van der Waals surface area contributed by atoms with Crippen molar-refractivity contribution in [3.8, 4) is 23.8 Å². The van der Waals surface area contributed by atoms with Crippen molar-refractivity contribution in [2.45, 2.75) is 11.0 Å². The number of terminal acetylenes is 1. The van der Waals surface area contributed by atoms with Gasteiger partial charge in [0.1, 0.15) is 6.10 Å². The predicted molar refractivity (Wildman–Crippen MR) is 97.8 cm³/mol. The Morgan fingerprint density at radius 1 is 1.13 bits per heavy atom. The average molecular weight is 463 g/mol. The molecule has 166 valence electrons. The van der Waals surface area contributed by atoms with Crippen LogP contribution in [0.4, 0.5) is 27.6 Å². The minimum atomic E-state index is -5.21. The monoisotopic (exact) mass is 463 g/mol. The highest BCUT2D eigenvalue weighted by molar-refractivity contribution is 7.93. The van der Waals surface area contributed by atoms with Gasteiger partial charge >= 0.3 is 0 Å². The topological polar surface area (TPSA) is 65.1 Å². The first-order valence-electron chi connectivity index (χ1n) is 8.53. The molecule has 0 radical (unpaired) electrons. The molecule has 1 heterocycles. The van der Waals surface area contributed by atoms with Gasteiger partial charge in [-0.1, -0.05) is 5.92 Å². The molecule has 31 heavy (non-hydrogen) atoms. The number of nitrogens with zero attached hydrogens (tertiary/aromatic N) is 1. The number of anilines is 1. The molecule has 0 unspecified atom stereocenters. The third-order valence-electron chi connectivity index (χ3n) is 4.28. The lowest BCUT2D eigenvalue weighted by molar-refractivity contribution is -0.0824. The van der Waals surface area contributed by atoms with Crippen LogP contribution in [0.15, 0.2) is 23.1 Å². The van der Waals surface area contributed by atoms with Gasteiger partial charge in [0.2, 0.25) is 11.6 Å². The van der Waals surface area contributed by atoms with Crippen molar-refractivity contribution in [2.75, 3.05) is 31.2 Å². The van der Waals surface area contributed by atoms with Gasteiger partial charge in [-0.2, -0.15) is 4.39 Å². The Bertz CT molecular complexity index is 1160. The molecule has 2 aromatic carbocycles. The third-order valence-corrected chi connectivity index (χ3v) is 6.08. The summed E-state index contributed by atoms with van der Waals surface area (Å²) in [6.45, 7) is -1.01. The highest BCUT2D eigenvalue weighted by atomic mass is 32.2. The molecule has 12 heteroatoms. The molecule has 1 fully saturated rings. The highest BCUT2D eigenvalue weighted by Gasteiger charge is 2.39. The molecule has 0 bridgehead atoms. The molecule has 0 spiro atoms. The molecule has 1 aliphatic heterocycles. The van der Waals surface area contributed by atoms with E-state index in [2.05, 4.69) is 0 Å². The number of rotatable bonds is 7. The van der Waals surface area contributed by atoms with Crippen molar-refractivity contribution in [1.29, 1.82) is 0 Å². The lowest BCUT2D eigenvalue weighted by atomic mass is 10.2. The molecular weight excluding hydrogens is 449 g/mol. The lowest BCUT2D eigenvalue weighted by Gasteiger charge is -2.29. The van der Waals surface area contributed by atoms with Crippen molar-refractivity contribution in [3.05, 3.63) is 47.3 Å². The number of hydrogen-bond donors (Lipinski definition) is 0. The van der Waals surface area contributed by atoms with E-state index in [4.69, 9.17) is 20.6 Å². The number of ether oxygens (including phenoxy) is 3. The van der Waals surface area contributed by atoms with Crippen LogP contribution < -0.4 is 13.8 Å². The number of sulfonamides is 1. The van der Waals surface area contributed by atoms with Crippen LogP contribution in [0, 0.1) is 41.4 Å². The van der Waals surface area contributed by atoms with Gasteiger partial charge in [-0.3, -0.25) is 4.31 Å². The SMILES string of the molecule is C#CCN(c1ccc(OC)c(F)c1)S(=O)(=O)c1c(F)c(F)c(F)c(F)c1OC1COC1. The van der Waals surface area contributed by atoms with Gasteiger partial charge < -0.3 is 14.2 Å². The molecular formula is C19H14F5NO5S. The maximum Gasteiger partial charge on any atom is 0.272 e. The molecule has 0 N–H and O–H groups in total. The smallest absolute Gasteiger partial charge is 0.272 e. The van der Waals surface area contributed by atoms with Gasteiger partial charge in [0.05, 0.1) is 32.6 Å². The Balaban J connectivity index is 2.22. The molecule has 3 rings (SSSR count). The second kappa shape index (κ2) is 8.60. The zero-order valence-corrected chi connectivity index (χ0v) is 16.6. The summed E-state index contributed by atoms with van der Waals surface area (Å²) in [6.07, 6.45) is 4.26. The molecule has 0 aliphatic carbocycles. The summed E-state index contributed by atoms with van der Waals surface area (Å²) in [5.41, 5.74) is -0.404. The Morgan fingerprint density at radius 2 is 1.77 bits per heavy atom.